The maximum Gasteiger partial charge on any atom is 0.125 e. The molecule has 0 fully saturated rings. The molecule has 0 aromatic heterocycles. The molecular formula is C10H18N2. The van der Waals surface area contributed by atoms with Crippen LogP contribution in [0.3, 0.4) is 0 Å². The number of hydrogen-bond donors (Lipinski definition) is 1. The molecule has 0 aromatic rings. The summed E-state index contributed by atoms with van der Waals surface area (Å²) in [5, 5.41) is 3.21. The molecule has 0 aliphatic rings. The molecule has 2 nitrogen and oxygen atoms in total. The van der Waals surface area contributed by atoms with Crippen molar-refractivity contribution in [2.75, 3.05) is 0 Å². The summed E-state index contributed by atoms with van der Waals surface area (Å²) in [5.74, 6) is 0.875. The standard InChI is InChI=1S/C10H18N2/c1-6-7-10(11-8(2)3)12-9(4)5/h6-8,11H,1H2,2-5H3/b10-7-. The maximum atomic E-state index is 4.30. The normalized spacial score (nSPS) is 11.2. The lowest BCUT2D eigenvalue weighted by molar-refractivity contribution is 0.663. The van der Waals surface area contributed by atoms with Gasteiger partial charge in [-0.2, -0.15) is 0 Å². The molecule has 2 heteroatoms. The van der Waals surface area contributed by atoms with Crippen molar-refractivity contribution in [3.8, 4) is 0 Å². The van der Waals surface area contributed by atoms with E-state index in [-0.39, 0.29) is 0 Å². The number of hydrogen-bond acceptors (Lipinski definition) is 2. The van der Waals surface area contributed by atoms with Crippen molar-refractivity contribution in [1.29, 1.82) is 0 Å². The first kappa shape index (κ1) is 11.0. The van der Waals surface area contributed by atoms with E-state index in [1.807, 2.05) is 19.9 Å². The third-order valence-corrected chi connectivity index (χ3v) is 1.06. The molecule has 0 bridgehead atoms. The fourth-order valence-corrected chi connectivity index (χ4v) is 0.766. The van der Waals surface area contributed by atoms with Gasteiger partial charge in [0.1, 0.15) is 5.82 Å². The highest BCUT2D eigenvalue weighted by Gasteiger charge is 1.94. The van der Waals surface area contributed by atoms with Gasteiger partial charge in [-0.05, 0) is 33.8 Å². The van der Waals surface area contributed by atoms with E-state index in [4.69, 9.17) is 0 Å². The summed E-state index contributed by atoms with van der Waals surface area (Å²) in [5.41, 5.74) is 1.04. The molecule has 0 heterocycles. The fourth-order valence-electron chi connectivity index (χ4n) is 0.766. The summed E-state index contributed by atoms with van der Waals surface area (Å²) in [6.45, 7) is 11.7. The first-order valence-electron chi connectivity index (χ1n) is 4.17. The number of nitrogens with zero attached hydrogens (tertiary/aromatic N) is 1. The molecule has 0 saturated carbocycles. The van der Waals surface area contributed by atoms with Crippen molar-refractivity contribution < 1.29 is 0 Å². The van der Waals surface area contributed by atoms with Gasteiger partial charge in [-0.3, -0.25) is 0 Å². The van der Waals surface area contributed by atoms with Crippen molar-refractivity contribution in [2.45, 2.75) is 33.7 Å². The van der Waals surface area contributed by atoms with Gasteiger partial charge in [-0.25, -0.2) is 4.99 Å². The Bertz CT molecular complexity index is 196. The highest BCUT2D eigenvalue weighted by molar-refractivity contribution is 5.80. The molecule has 0 aromatic carbocycles. The molecule has 0 radical (unpaired) electrons. The fraction of sp³-hybridized carbons (Fsp3) is 0.500. The summed E-state index contributed by atoms with van der Waals surface area (Å²) in [6.07, 6.45) is 3.60. The Kier molecular flexibility index (Phi) is 5.09. The van der Waals surface area contributed by atoms with Crippen LogP contribution < -0.4 is 5.32 Å². The molecule has 1 N–H and O–H groups in total. The molecule has 0 aliphatic heterocycles. The van der Waals surface area contributed by atoms with E-state index in [9.17, 15) is 0 Å². The van der Waals surface area contributed by atoms with Crippen molar-refractivity contribution in [3.63, 3.8) is 0 Å². The zero-order valence-corrected chi connectivity index (χ0v) is 8.39. The second-order valence-corrected chi connectivity index (χ2v) is 3.15. The van der Waals surface area contributed by atoms with Crippen molar-refractivity contribution in [2.24, 2.45) is 4.99 Å². The zero-order chi connectivity index (χ0) is 9.56. The lowest BCUT2D eigenvalue weighted by Crippen LogP contribution is -2.21. The lowest BCUT2D eigenvalue weighted by atomic mass is 10.4. The summed E-state index contributed by atoms with van der Waals surface area (Å²) in [7, 11) is 0. The Morgan fingerprint density at radius 2 is 2.00 bits per heavy atom. The summed E-state index contributed by atoms with van der Waals surface area (Å²) >= 11 is 0. The van der Waals surface area contributed by atoms with Gasteiger partial charge in [-0.1, -0.05) is 12.7 Å². The molecule has 0 amide bonds. The Labute approximate surface area is 75.1 Å². The zero-order valence-electron chi connectivity index (χ0n) is 8.39. The Morgan fingerprint density at radius 3 is 2.33 bits per heavy atom. The molecule has 0 rings (SSSR count). The van der Waals surface area contributed by atoms with Gasteiger partial charge in [0.05, 0.1) is 0 Å². The van der Waals surface area contributed by atoms with Gasteiger partial charge in [0.2, 0.25) is 0 Å². The van der Waals surface area contributed by atoms with Crippen molar-refractivity contribution in [3.05, 3.63) is 24.6 Å². The van der Waals surface area contributed by atoms with Crippen molar-refractivity contribution in [1.82, 2.24) is 5.32 Å². The predicted octanol–water partition coefficient (Wildman–Crippen LogP) is 2.49. The second kappa shape index (κ2) is 5.58. The largest absolute Gasteiger partial charge is 0.368 e. The second-order valence-electron chi connectivity index (χ2n) is 3.15. The van der Waals surface area contributed by atoms with Crippen LogP contribution in [0.1, 0.15) is 27.7 Å². The van der Waals surface area contributed by atoms with Crippen LogP contribution in [0, 0.1) is 0 Å². The number of allylic oxidation sites excluding steroid dienone is 2. The van der Waals surface area contributed by atoms with Crippen LogP contribution in [-0.4, -0.2) is 11.8 Å². The van der Waals surface area contributed by atoms with E-state index >= 15 is 0 Å². The van der Waals surface area contributed by atoms with E-state index in [1.165, 1.54) is 0 Å². The third kappa shape index (κ3) is 5.71. The maximum absolute atomic E-state index is 4.30. The van der Waals surface area contributed by atoms with Gasteiger partial charge < -0.3 is 5.32 Å². The predicted molar refractivity (Wildman–Crippen MR) is 55.3 cm³/mol. The Hall–Kier alpha value is -1.05. The summed E-state index contributed by atoms with van der Waals surface area (Å²) < 4.78 is 0. The Balaban J connectivity index is 4.35. The van der Waals surface area contributed by atoms with Gasteiger partial charge in [-0.15, -0.1) is 0 Å². The molecule has 12 heavy (non-hydrogen) atoms. The molecule has 0 aliphatic carbocycles. The average molecular weight is 166 g/mol. The molecule has 0 atom stereocenters. The van der Waals surface area contributed by atoms with Crippen LogP contribution in [0.5, 0.6) is 0 Å². The van der Waals surface area contributed by atoms with Gasteiger partial charge in [0.15, 0.2) is 0 Å². The van der Waals surface area contributed by atoms with Crippen LogP contribution in [0.25, 0.3) is 0 Å². The number of nitrogens with one attached hydrogen (secondary N) is 1. The number of aliphatic imine (C=N–C) groups is 1. The summed E-state index contributed by atoms with van der Waals surface area (Å²) in [6, 6.07) is 0.402. The average Bonchev–Trinajstić information content (AvgIpc) is 1.84. The highest BCUT2D eigenvalue weighted by atomic mass is 15.0. The molecule has 0 spiro atoms. The highest BCUT2D eigenvalue weighted by Crippen LogP contribution is 1.95. The van der Waals surface area contributed by atoms with Crippen molar-refractivity contribution >= 4 is 5.71 Å². The topological polar surface area (TPSA) is 24.4 Å². The summed E-state index contributed by atoms with van der Waals surface area (Å²) in [4.78, 5) is 4.30. The van der Waals surface area contributed by atoms with E-state index in [1.54, 1.807) is 6.08 Å². The van der Waals surface area contributed by atoms with Crippen LogP contribution in [-0.2, 0) is 0 Å². The van der Waals surface area contributed by atoms with Crippen LogP contribution >= 0.6 is 0 Å². The first-order chi connectivity index (χ1) is 5.56. The molecule has 68 valence electrons. The minimum absolute atomic E-state index is 0.402. The quantitative estimate of drug-likeness (QED) is 0.503. The first-order valence-corrected chi connectivity index (χ1v) is 4.17. The number of rotatable bonds is 4. The van der Waals surface area contributed by atoms with Crippen LogP contribution in [0.15, 0.2) is 29.5 Å². The Morgan fingerprint density at radius 1 is 1.42 bits per heavy atom. The van der Waals surface area contributed by atoms with E-state index in [2.05, 4.69) is 30.7 Å². The van der Waals surface area contributed by atoms with E-state index in [0.29, 0.717) is 6.04 Å². The minimum atomic E-state index is 0.402. The third-order valence-electron chi connectivity index (χ3n) is 1.06. The van der Waals surface area contributed by atoms with Crippen LogP contribution in [0.2, 0.25) is 0 Å². The van der Waals surface area contributed by atoms with E-state index < -0.39 is 0 Å². The SMILES string of the molecule is C=C/C=C(\N=C(C)C)NC(C)C. The monoisotopic (exact) mass is 166 g/mol. The minimum Gasteiger partial charge on any atom is -0.368 e. The van der Waals surface area contributed by atoms with Gasteiger partial charge in [0, 0.05) is 11.8 Å². The van der Waals surface area contributed by atoms with E-state index in [0.717, 1.165) is 11.5 Å². The van der Waals surface area contributed by atoms with Gasteiger partial charge >= 0.3 is 0 Å². The van der Waals surface area contributed by atoms with Crippen LogP contribution in [0.4, 0.5) is 0 Å². The smallest absolute Gasteiger partial charge is 0.125 e. The molecule has 0 saturated heterocycles. The van der Waals surface area contributed by atoms with Gasteiger partial charge in [0.25, 0.3) is 0 Å². The molecule has 0 unspecified atom stereocenters. The lowest BCUT2D eigenvalue weighted by Gasteiger charge is -2.09. The molecular weight excluding hydrogens is 148 g/mol.